The van der Waals surface area contributed by atoms with Gasteiger partial charge in [-0.3, -0.25) is 0 Å². The molecule has 0 bridgehead atoms. The Morgan fingerprint density at radius 1 is 0.944 bits per heavy atom. The van der Waals surface area contributed by atoms with Gasteiger partial charge in [0.15, 0.2) is 0 Å². The van der Waals surface area contributed by atoms with Crippen molar-refractivity contribution < 1.29 is 9.90 Å². The quantitative estimate of drug-likeness (QED) is 0.386. The highest BCUT2D eigenvalue weighted by molar-refractivity contribution is 5.85. The summed E-state index contributed by atoms with van der Waals surface area (Å²) in [6.07, 6.45) is 16.7. The summed E-state index contributed by atoms with van der Waals surface area (Å²) >= 11 is 0. The predicted molar refractivity (Wildman–Crippen MR) is 77.5 cm³/mol. The Morgan fingerprint density at radius 2 is 1.44 bits per heavy atom. The van der Waals surface area contributed by atoms with Crippen molar-refractivity contribution in [2.24, 2.45) is 0 Å². The van der Waals surface area contributed by atoms with Crippen LogP contribution in [0, 0.1) is 6.42 Å². The standard InChI is InChI=1S/C16H29O2/c1-3-4-5-6-7-8-9-10-11-12-13-14-15(2)16(17)18/h13-14H,3-12H2,1-2H3,(H,17,18). The van der Waals surface area contributed by atoms with E-state index in [0.29, 0.717) is 5.57 Å². The third-order valence-electron chi connectivity index (χ3n) is 3.18. The number of unbranched alkanes of at least 4 members (excludes halogenated alkanes) is 10. The third kappa shape index (κ3) is 11.7. The zero-order chi connectivity index (χ0) is 13.6. The maximum Gasteiger partial charge on any atom is 0.330 e. The van der Waals surface area contributed by atoms with Gasteiger partial charge in [0.25, 0.3) is 0 Å². The molecular weight excluding hydrogens is 224 g/mol. The molecule has 105 valence electrons. The van der Waals surface area contributed by atoms with E-state index in [4.69, 9.17) is 5.11 Å². The Labute approximate surface area is 112 Å². The lowest BCUT2D eigenvalue weighted by atomic mass is 10.1. The van der Waals surface area contributed by atoms with Gasteiger partial charge in [0.05, 0.1) is 0 Å². The molecule has 0 aromatic rings. The van der Waals surface area contributed by atoms with Gasteiger partial charge >= 0.3 is 5.97 Å². The van der Waals surface area contributed by atoms with Crippen LogP contribution >= 0.6 is 0 Å². The molecule has 0 aromatic carbocycles. The van der Waals surface area contributed by atoms with Crippen LogP contribution in [0.1, 0.15) is 78.1 Å². The molecule has 0 aromatic heterocycles. The van der Waals surface area contributed by atoms with E-state index in [1.165, 1.54) is 57.8 Å². The second-order valence-corrected chi connectivity index (χ2v) is 5.01. The predicted octanol–water partition coefficient (Wildman–Crippen LogP) is 5.14. The van der Waals surface area contributed by atoms with Gasteiger partial charge in [0.2, 0.25) is 0 Å². The summed E-state index contributed by atoms with van der Waals surface area (Å²) in [5, 5.41) is 8.66. The van der Waals surface area contributed by atoms with Crippen LogP contribution in [0.2, 0.25) is 0 Å². The van der Waals surface area contributed by atoms with Crippen LogP contribution in [-0.4, -0.2) is 11.1 Å². The van der Waals surface area contributed by atoms with Crippen molar-refractivity contribution in [1.29, 1.82) is 0 Å². The third-order valence-corrected chi connectivity index (χ3v) is 3.18. The van der Waals surface area contributed by atoms with Crippen LogP contribution in [0.25, 0.3) is 0 Å². The molecule has 0 aliphatic heterocycles. The van der Waals surface area contributed by atoms with Crippen molar-refractivity contribution in [3.8, 4) is 0 Å². The maximum absolute atomic E-state index is 10.5. The topological polar surface area (TPSA) is 37.3 Å². The van der Waals surface area contributed by atoms with Crippen LogP contribution in [0.5, 0.6) is 0 Å². The molecule has 18 heavy (non-hydrogen) atoms. The largest absolute Gasteiger partial charge is 0.478 e. The van der Waals surface area contributed by atoms with E-state index in [-0.39, 0.29) is 0 Å². The normalized spacial score (nSPS) is 11.8. The molecule has 0 rings (SSSR count). The zero-order valence-electron chi connectivity index (χ0n) is 12.1. The molecular formula is C16H29O2. The van der Waals surface area contributed by atoms with Gasteiger partial charge in [-0.2, -0.15) is 0 Å². The van der Waals surface area contributed by atoms with E-state index in [1.54, 1.807) is 13.0 Å². The fourth-order valence-electron chi connectivity index (χ4n) is 1.90. The molecule has 0 saturated carbocycles. The highest BCUT2D eigenvalue weighted by Crippen LogP contribution is 2.11. The van der Waals surface area contributed by atoms with Gasteiger partial charge in [-0.05, 0) is 19.8 Å². The molecule has 1 N–H and O–H groups in total. The molecule has 0 unspecified atom stereocenters. The smallest absolute Gasteiger partial charge is 0.330 e. The Morgan fingerprint density at radius 3 is 1.94 bits per heavy atom. The van der Waals surface area contributed by atoms with Gasteiger partial charge < -0.3 is 5.11 Å². The fraction of sp³-hybridized carbons (Fsp3) is 0.750. The molecule has 2 nitrogen and oxygen atoms in total. The minimum atomic E-state index is -0.821. The average Bonchev–Trinajstić information content (AvgIpc) is 2.35. The number of allylic oxidation sites excluding steroid dienone is 1. The number of rotatable bonds is 12. The highest BCUT2D eigenvalue weighted by atomic mass is 16.4. The molecule has 0 saturated heterocycles. The van der Waals surface area contributed by atoms with E-state index in [9.17, 15) is 4.79 Å². The monoisotopic (exact) mass is 253 g/mol. The molecule has 0 heterocycles. The summed E-state index contributed by atoms with van der Waals surface area (Å²) in [7, 11) is 0. The lowest BCUT2D eigenvalue weighted by molar-refractivity contribution is -0.132. The molecule has 0 aliphatic carbocycles. The Kier molecular flexibility index (Phi) is 12.1. The van der Waals surface area contributed by atoms with Crippen LogP contribution in [0.15, 0.2) is 11.6 Å². The summed E-state index contributed by atoms with van der Waals surface area (Å²) < 4.78 is 0. The first-order valence-electron chi connectivity index (χ1n) is 7.42. The first kappa shape index (κ1) is 17.2. The van der Waals surface area contributed by atoms with E-state index in [2.05, 4.69) is 6.92 Å². The van der Waals surface area contributed by atoms with E-state index < -0.39 is 5.97 Å². The van der Waals surface area contributed by atoms with Gasteiger partial charge in [-0.15, -0.1) is 0 Å². The number of carbonyl (C=O) groups is 1. The van der Waals surface area contributed by atoms with Crippen molar-refractivity contribution in [2.45, 2.75) is 78.1 Å². The van der Waals surface area contributed by atoms with Crippen LogP contribution < -0.4 is 0 Å². The highest BCUT2D eigenvalue weighted by Gasteiger charge is 1.98. The lowest BCUT2D eigenvalue weighted by Crippen LogP contribution is -1.95. The first-order valence-corrected chi connectivity index (χ1v) is 7.42. The van der Waals surface area contributed by atoms with Crippen LogP contribution in [0.4, 0.5) is 0 Å². The number of hydrogen-bond acceptors (Lipinski definition) is 1. The Hall–Kier alpha value is -0.790. The van der Waals surface area contributed by atoms with Crippen LogP contribution in [0.3, 0.4) is 0 Å². The number of carboxylic acid groups (broad SMARTS) is 1. The second-order valence-electron chi connectivity index (χ2n) is 5.01. The fourth-order valence-corrected chi connectivity index (χ4v) is 1.90. The van der Waals surface area contributed by atoms with Crippen molar-refractivity contribution in [3.63, 3.8) is 0 Å². The molecule has 0 amide bonds. The lowest BCUT2D eigenvalue weighted by Gasteiger charge is -2.01. The number of carboxylic acids is 1. The van der Waals surface area contributed by atoms with Crippen LogP contribution in [-0.2, 0) is 4.79 Å². The number of aliphatic carboxylic acids is 1. The van der Waals surface area contributed by atoms with Crippen molar-refractivity contribution >= 4 is 5.97 Å². The van der Waals surface area contributed by atoms with Gasteiger partial charge in [-0.1, -0.05) is 70.8 Å². The van der Waals surface area contributed by atoms with Gasteiger partial charge in [-0.25, -0.2) is 4.79 Å². The minimum Gasteiger partial charge on any atom is -0.478 e. The van der Waals surface area contributed by atoms with Crippen molar-refractivity contribution in [1.82, 2.24) is 0 Å². The average molecular weight is 253 g/mol. The van der Waals surface area contributed by atoms with Crippen molar-refractivity contribution in [3.05, 3.63) is 18.1 Å². The minimum absolute atomic E-state index is 0.422. The summed E-state index contributed by atoms with van der Waals surface area (Å²) in [5.41, 5.74) is 0.422. The Balaban J connectivity index is 3.17. The summed E-state index contributed by atoms with van der Waals surface area (Å²) in [6, 6.07) is 0. The Bertz CT molecular complexity index is 231. The first-order chi connectivity index (χ1) is 8.68. The summed E-state index contributed by atoms with van der Waals surface area (Å²) in [4.78, 5) is 10.5. The van der Waals surface area contributed by atoms with E-state index in [0.717, 1.165) is 6.42 Å². The SMILES string of the molecule is CCCCCCCCCCC[CH]C=C(C)C(=O)O. The second kappa shape index (κ2) is 12.7. The molecule has 0 spiro atoms. The maximum atomic E-state index is 10.5. The van der Waals surface area contributed by atoms with E-state index in [1.807, 2.05) is 6.42 Å². The molecule has 0 aliphatic rings. The van der Waals surface area contributed by atoms with Gasteiger partial charge in [0, 0.05) is 5.57 Å². The van der Waals surface area contributed by atoms with Gasteiger partial charge in [0.1, 0.15) is 0 Å². The zero-order valence-corrected chi connectivity index (χ0v) is 12.1. The summed E-state index contributed by atoms with van der Waals surface area (Å²) in [6.45, 7) is 3.88. The summed E-state index contributed by atoms with van der Waals surface area (Å²) in [5.74, 6) is -0.821. The van der Waals surface area contributed by atoms with Crippen molar-refractivity contribution in [2.75, 3.05) is 0 Å². The molecule has 1 radical (unpaired) electrons. The number of hydrogen-bond donors (Lipinski definition) is 1. The van der Waals surface area contributed by atoms with E-state index >= 15 is 0 Å². The molecule has 0 fully saturated rings. The molecule has 0 atom stereocenters. The molecule has 2 heteroatoms.